The lowest BCUT2D eigenvalue weighted by atomic mass is 10.2. The molecule has 0 aliphatic heterocycles. The van der Waals surface area contributed by atoms with Crippen molar-refractivity contribution in [1.82, 2.24) is 25.6 Å². The van der Waals surface area contributed by atoms with Gasteiger partial charge in [-0.1, -0.05) is 26.5 Å². The lowest BCUT2D eigenvalue weighted by Crippen LogP contribution is -2.31. The summed E-state index contributed by atoms with van der Waals surface area (Å²) in [6.45, 7) is 12.4. The molecule has 0 saturated heterocycles. The Morgan fingerprint density at radius 2 is 1.08 bits per heavy atom. The summed E-state index contributed by atoms with van der Waals surface area (Å²) < 4.78 is 10.7. The molecule has 0 saturated carbocycles. The number of thiazole rings is 3. The number of hydrogen-bond acceptors (Lipinski definition) is 13. The van der Waals surface area contributed by atoms with Crippen LogP contribution in [-0.4, -0.2) is 71.9 Å². The molecule has 0 aliphatic rings. The Balaban J connectivity index is -0.000000288. The van der Waals surface area contributed by atoms with Crippen molar-refractivity contribution >= 4 is 104 Å². The maximum atomic E-state index is 11.4. The molecule has 3 rings (SSSR count). The molecule has 12 nitrogen and oxygen atoms in total. The SMILES string of the molecule is C.C.CC(C)(C)OC(=O)NCc1cnc(Cl)s1.CN(C)c1ncc(CN)s1.CN(C)c1ncc(CNC(=O)OC(C)(C)C)s1.Cl.ClCCl. The Hall–Kier alpha value is -1.85. The van der Waals surface area contributed by atoms with Crippen LogP contribution in [0.4, 0.5) is 19.9 Å². The number of alkyl halides is 2. The molecular formula is C29H54Cl4N8O4S3. The van der Waals surface area contributed by atoms with Gasteiger partial charge in [0, 0.05) is 68.0 Å². The van der Waals surface area contributed by atoms with Gasteiger partial charge in [-0.2, -0.15) is 0 Å². The van der Waals surface area contributed by atoms with Gasteiger partial charge in [0.25, 0.3) is 0 Å². The molecule has 0 spiro atoms. The Morgan fingerprint density at radius 3 is 1.35 bits per heavy atom. The van der Waals surface area contributed by atoms with E-state index in [1.807, 2.05) is 85.7 Å². The van der Waals surface area contributed by atoms with E-state index in [0.29, 0.717) is 24.1 Å². The van der Waals surface area contributed by atoms with Crippen molar-refractivity contribution < 1.29 is 19.1 Å². The van der Waals surface area contributed by atoms with Crippen molar-refractivity contribution in [3.63, 3.8) is 0 Å². The molecule has 0 radical (unpaired) electrons. The van der Waals surface area contributed by atoms with Gasteiger partial charge in [-0.3, -0.25) is 0 Å². The Kier molecular flexibility index (Phi) is 29.7. The zero-order valence-electron chi connectivity index (χ0n) is 27.8. The van der Waals surface area contributed by atoms with E-state index in [-0.39, 0.29) is 32.6 Å². The van der Waals surface area contributed by atoms with Gasteiger partial charge in [-0.05, 0) is 41.5 Å². The number of carbonyl (C=O) groups excluding carboxylic acids is 2. The second-order valence-corrected chi connectivity index (χ2v) is 15.8. The molecular weight excluding hydrogens is 762 g/mol. The zero-order valence-corrected chi connectivity index (χ0v) is 33.3. The van der Waals surface area contributed by atoms with Crippen molar-refractivity contribution in [3.8, 4) is 0 Å². The van der Waals surface area contributed by atoms with Crippen LogP contribution >= 0.6 is 81.2 Å². The smallest absolute Gasteiger partial charge is 0.407 e. The second-order valence-electron chi connectivity index (χ2n) is 11.1. The number of alkyl carbamates (subject to hydrolysis) is 2. The number of amides is 2. The van der Waals surface area contributed by atoms with Crippen molar-refractivity contribution in [2.75, 3.05) is 43.3 Å². The highest BCUT2D eigenvalue weighted by molar-refractivity contribution is 7.16. The third-order valence-electron chi connectivity index (χ3n) is 4.19. The van der Waals surface area contributed by atoms with Gasteiger partial charge in [0.1, 0.15) is 11.2 Å². The van der Waals surface area contributed by atoms with Crippen LogP contribution in [-0.2, 0) is 29.1 Å². The molecule has 3 aromatic heterocycles. The summed E-state index contributed by atoms with van der Waals surface area (Å²) >= 11 is 19.7. The number of aromatic nitrogens is 3. The lowest BCUT2D eigenvalue weighted by molar-refractivity contribution is 0.0512. The molecule has 3 aromatic rings. The highest BCUT2D eigenvalue weighted by Gasteiger charge is 2.17. The lowest BCUT2D eigenvalue weighted by Gasteiger charge is -2.19. The summed E-state index contributed by atoms with van der Waals surface area (Å²) in [5.41, 5.74) is 4.47. The topological polar surface area (TPSA) is 148 Å². The summed E-state index contributed by atoms with van der Waals surface area (Å²) in [5.74, 6) is 0. The first-order valence-electron chi connectivity index (χ1n) is 13.4. The van der Waals surface area contributed by atoms with Crippen LogP contribution in [0.3, 0.4) is 0 Å². The van der Waals surface area contributed by atoms with E-state index in [1.54, 1.807) is 35.1 Å². The molecule has 0 bridgehead atoms. The third-order valence-corrected chi connectivity index (χ3v) is 7.65. The molecule has 0 fully saturated rings. The molecule has 4 N–H and O–H groups in total. The Labute approximate surface area is 320 Å². The maximum absolute atomic E-state index is 11.4. The fraction of sp³-hybridized carbons (Fsp3) is 0.621. The normalized spacial score (nSPS) is 9.88. The van der Waals surface area contributed by atoms with Crippen molar-refractivity contribution in [2.24, 2.45) is 5.73 Å². The van der Waals surface area contributed by atoms with E-state index in [2.05, 4.69) is 25.6 Å². The van der Waals surface area contributed by atoms with Gasteiger partial charge in [0.05, 0.1) is 18.4 Å². The van der Waals surface area contributed by atoms with Crippen LogP contribution in [0.1, 0.15) is 71.0 Å². The van der Waals surface area contributed by atoms with Crippen LogP contribution in [0, 0.1) is 0 Å². The Morgan fingerprint density at radius 1 is 0.750 bits per heavy atom. The molecule has 19 heteroatoms. The maximum Gasteiger partial charge on any atom is 0.407 e. The highest BCUT2D eigenvalue weighted by Crippen LogP contribution is 2.21. The van der Waals surface area contributed by atoms with Gasteiger partial charge in [0.2, 0.25) is 0 Å². The van der Waals surface area contributed by atoms with Crippen LogP contribution in [0.2, 0.25) is 4.47 Å². The van der Waals surface area contributed by atoms with Crippen LogP contribution in [0.25, 0.3) is 0 Å². The zero-order chi connectivity index (χ0) is 34.8. The number of ether oxygens (including phenoxy) is 2. The highest BCUT2D eigenvalue weighted by atomic mass is 35.5. The van der Waals surface area contributed by atoms with Crippen molar-refractivity contribution in [3.05, 3.63) is 37.7 Å². The van der Waals surface area contributed by atoms with Gasteiger partial charge < -0.3 is 35.6 Å². The summed E-state index contributed by atoms with van der Waals surface area (Å²) in [6.07, 6.45) is 4.37. The largest absolute Gasteiger partial charge is 0.444 e. The number of hydrogen-bond donors (Lipinski definition) is 3. The number of nitrogens with two attached hydrogens (primary N) is 1. The quantitative estimate of drug-likeness (QED) is 0.198. The summed E-state index contributed by atoms with van der Waals surface area (Å²) in [7, 11) is 7.81. The predicted octanol–water partition coefficient (Wildman–Crippen LogP) is 8.84. The van der Waals surface area contributed by atoms with E-state index < -0.39 is 23.4 Å². The minimum Gasteiger partial charge on any atom is -0.444 e. The number of rotatable bonds is 7. The second kappa shape index (κ2) is 26.9. The van der Waals surface area contributed by atoms with E-state index in [9.17, 15) is 9.59 Å². The number of anilines is 2. The molecule has 2 amide bonds. The van der Waals surface area contributed by atoms with Crippen molar-refractivity contribution in [2.45, 2.75) is 87.2 Å². The van der Waals surface area contributed by atoms with Crippen molar-refractivity contribution in [1.29, 1.82) is 0 Å². The fourth-order valence-electron chi connectivity index (χ4n) is 2.50. The van der Waals surface area contributed by atoms with Gasteiger partial charge in [-0.25, -0.2) is 24.5 Å². The predicted molar refractivity (Wildman–Crippen MR) is 211 cm³/mol. The molecule has 0 atom stereocenters. The number of nitrogens with one attached hydrogen (secondary N) is 2. The van der Waals surface area contributed by atoms with Crippen LogP contribution in [0.15, 0.2) is 18.6 Å². The first-order chi connectivity index (χ1) is 20.8. The molecule has 0 aromatic carbocycles. The summed E-state index contributed by atoms with van der Waals surface area (Å²) in [6, 6.07) is 0. The average Bonchev–Trinajstić information content (AvgIpc) is 3.66. The van der Waals surface area contributed by atoms with E-state index >= 15 is 0 Å². The van der Waals surface area contributed by atoms with Crippen LogP contribution < -0.4 is 26.2 Å². The van der Waals surface area contributed by atoms with E-state index in [4.69, 9.17) is 50.0 Å². The minimum atomic E-state index is -0.477. The van der Waals surface area contributed by atoms with Crippen LogP contribution in [0.5, 0.6) is 0 Å². The molecule has 3 heterocycles. The number of carbonyl (C=O) groups is 2. The third kappa shape index (κ3) is 27.0. The van der Waals surface area contributed by atoms with Gasteiger partial charge in [0.15, 0.2) is 14.7 Å². The minimum absolute atomic E-state index is 0. The van der Waals surface area contributed by atoms with E-state index in [1.165, 1.54) is 11.3 Å². The molecule has 48 heavy (non-hydrogen) atoms. The standard InChI is InChI=1S/C11H19N3O2S.C9H13ClN2O2S.C6H11N3S.CH2Cl2.2CH4.ClH/c1-11(2,3)16-10(15)13-7-8-6-12-9(17-8)14(4)5;1-9(2,3)14-8(13)12-5-6-4-11-7(10)15-6;1-9(2)6-8-4-5(3-7)10-6;2-1-3;;;/h6H,7H2,1-5H3,(H,13,15);4H,5H2,1-3H3,(H,12,13);4H,3,7H2,1-2H3;1H2;2*1H4;1H. The number of halogens is 4. The Bertz CT molecular complexity index is 1260. The van der Waals surface area contributed by atoms with E-state index in [0.717, 1.165) is 24.9 Å². The summed E-state index contributed by atoms with van der Waals surface area (Å²) in [4.78, 5) is 41.8. The molecule has 280 valence electrons. The monoisotopic (exact) mass is 814 g/mol. The van der Waals surface area contributed by atoms with Gasteiger partial charge in [-0.15, -0.1) is 69.6 Å². The molecule has 0 aliphatic carbocycles. The van der Waals surface area contributed by atoms with Gasteiger partial charge >= 0.3 is 12.2 Å². The molecule has 0 unspecified atom stereocenters. The fourth-order valence-corrected chi connectivity index (χ4v) is 4.90. The number of nitrogens with zero attached hydrogens (tertiary/aromatic N) is 5. The summed E-state index contributed by atoms with van der Waals surface area (Å²) in [5, 5.41) is 7.45. The first-order valence-corrected chi connectivity index (χ1v) is 17.3. The first kappa shape index (κ1) is 53.0. The average molecular weight is 817 g/mol.